The minimum absolute atomic E-state index is 0.235. The summed E-state index contributed by atoms with van der Waals surface area (Å²) in [6.07, 6.45) is 3.68. The molecule has 0 saturated carbocycles. The lowest BCUT2D eigenvalue weighted by Crippen LogP contribution is -2.27. The van der Waals surface area contributed by atoms with Crippen LogP contribution in [0.15, 0.2) is 18.6 Å². The van der Waals surface area contributed by atoms with Crippen molar-refractivity contribution in [2.24, 2.45) is 7.05 Å². The SMILES string of the molecule is Cc1cc(N)c(C(=O)NCCc2ncn(C)n2)cn1. The summed E-state index contributed by atoms with van der Waals surface area (Å²) in [5.74, 6) is 0.457. The third kappa shape index (κ3) is 3.27. The molecule has 100 valence electrons. The van der Waals surface area contributed by atoms with Crippen LogP contribution in [0.5, 0.6) is 0 Å². The molecule has 7 heteroatoms. The fraction of sp³-hybridized carbons (Fsp3) is 0.333. The molecule has 7 nitrogen and oxygen atoms in total. The molecule has 0 fully saturated rings. The van der Waals surface area contributed by atoms with Crippen molar-refractivity contribution in [1.29, 1.82) is 0 Å². The van der Waals surface area contributed by atoms with Crippen LogP contribution in [-0.4, -0.2) is 32.2 Å². The Morgan fingerprint density at radius 3 is 2.89 bits per heavy atom. The number of aryl methyl sites for hydroxylation is 2. The van der Waals surface area contributed by atoms with Crippen molar-refractivity contribution in [2.75, 3.05) is 12.3 Å². The van der Waals surface area contributed by atoms with E-state index >= 15 is 0 Å². The number of nitrogens with two attached hydrogens (primary N) is 1. The lowest BCUT2D eigenvalue weighted by molar-refractivity contribution is 0.0954. The van der Waals surface area contributed by atoms with Gasteiger partial charge in [-0.25, -0.2) is 4.98 Å². The van der Waals surface area contributed by atoms with Crippen molar-refractivity contribution in [3.8, 4) is 0 Å². The Morgan fingerprint density at radius 2 is 2.26 bits per heavy atom. The number of rotatable bonds is 4. The van der Waals surface area contributed by atoms with Gasteiger partial charge >= 0.3 is 0 Å². The molecular formula is C12H16N6O. The molecule has 2 aromatic rings. The van der Waals surface area contributed by atoms with E-state index < -0.39 is 0 Å². The zero-order valence-electron chi connectivity index (χ0n) is 10.9. The molecule has 0 spiro atoms. The van der Waals surface area contributed by atoms with Crippen LogP contribution in [0.25, 0.3) is 0 Å². The average molecular weight is 260 g/mol. The molecule has 1 amide bonds. The molecule has 0 bridgehead atoms. The molecule has 0 aliphatic rings. The average Bonchev–Trinajstić information content (AvgIpc) is 2.75. The molecule has 2 heterocycles. The molecule has 0 unspecified atom stereocenters. The molecule has 2 aromatic heterocycles. The van der Waals surface area contributed by atoms with E-state index in [0.717, 1.165) is 5.69 Å². The Morgan fingerprint density at radius 1 is 1.47 bits per heavy atom. The third-order valence-electron chi connectivity index (χ3n) is 2.60. The largest absolute Gasteiger partial charge is 0.398 e. The van der Waals surface area contributed by atoms with Crippen LogP contribution in [-0.2, 0) is 13.5 Å². The van der Waals surface area contributed by atoms with Crippen LogP contribution >= 0.6 is 0 Å². The Kier molecular flexibility index (Phi) is 3.74. The van der Waals surface area contributed by atoms with E-state index in [9.17, 15) is 4.79 Å². The quantitative estimate of drug-likeness (QED) is 0.810. The Bertz CT molecular complexity index is 592. The van der Waals surface area contributed by atoms with Crippen LogP contribution < -0.4 is 11.1 Å². The van der Waals surface area contributed by atoms with Crippen molar-refractivity contribution in [2.45, 2.75) is 13.3 Å². The molecule has 2 rings (SSSR count). The summed E-state index contributed by atoms with van der Waals surface area (Å²) < 4.78 is 1.62. The maximum Gasteiger partial charge on any atom is 0.254 e. The molecule has 0 aromatic carbocycles. The first-order chi connectivity index (χ1) is 9.06. The predicted molar refractivity (Wildman–Crippen MR) is 70.4 cm³/mol. The van der Waals surface area contributed by atoms with E-state index in [-0.39, 0.29) is 5.91 Å². The van der Waals surface area contributed by atoms with E-state index in [0.29, 0.717) is 30.0 Å². The fourth-order valence-electron chi connectivity index (χ4n) is 1.65. The second kappa shape index (κ2) is 5.47. The van der Waals surface area contributed by atoms with E-state index in [2.05, 4.69) is 20.4 Å². The highest BCUT2D eigenvalue weighted by atomic mass is 16.1. The van der Waals surface area contributed by atoms with Gasteiger partial charge < -0.3 is 11.1 Å². The minimum atomic E-state index is -0.235. The number of pyridine rings is 1. The fourth-order valence-corrected chi connectivity index (χ4v) is 1.65. The number of hydrogen-bond donors (Lipinski definition) is 2. The highest BCUT2D eigenvalue weighted by Gasteiger charge is 2.10. The van der Waals surface area contributed by atoms with Gasteiger partial charge in [-0.1, -0.05) is 0 Å². The van der Waals surface area contributed by atoms with Crippen molar-refractivity contribution < 1.29 is 4.79 Å². The van der Waals surface area contributed by atoms with E-state index in [1.54, 1.807) is 24.1 Å². The van der Waals surface area contributed by atoms with Crippen LogP contribution in [0.4, 0.5) is 5.69 Å². The predicted octanol–water partition coefficient (Wildman–Crippen LogP) is 0.0732. The second-order valence-electron chi connectivity index (χ2n) is 4.25. The van der Waals surface area contributed by atoms with Gasteiger partial charge in [0.25, 0.3) is 5.91 Å². The van der Waals surface area contributed by atoms with Gasteiger partial charge in [-0.05, 0) is 13.0 Å². The summed E-state index contributed by atoms with van der Waals surface area (Å²) >= 11 is 0. The summed E-state index contributed by atoms with van der Waals surface area (Å²) in [5.41, 5.74) is 7.38. The van der Waals surface area contributed by atoms with Gasteiger partial charge in [0.15, 0.2) is 5.82 Å². The molecular weight excluding hydrogens is 244 g/mol. The highest BCUT2D eigenvalue weighted by molar-refractivity contribution is 5.98. The van der Waals surface area contributed by atoms with Crippen LogP contribution in [0.1, 0.15) is 21.9 Å². The number of carbonyl (C=O) groups is 1. The molecule has 0 aliphatic heterocycles. The number of nitrogens with zero attached hydrogens (tertiary/aromatic N) is 4. The number of aromatic nitrogens is 4. The Balaban J connectivity index is 1.90. The van der Waals surface area contributed by atoms with E-state index in [4.69, 9.17) is 5.73 Å². The van der Waals surface area contributed by atoms with Gasteiger partial charge in [-0.15, -0.1) is 0 Å². The van der Waals surface area contributed by atoms with E-state index in [1.807, 2.05) is 6.92 Å². The van der Waals surface area contributed by atoms with Crippen molar-refractivity contribution in [3.05, 3.63) is 35.7 Å². The summed E-state index contributed by atoms with van der Waals surface area (Å²) in [6, 6.07) is 1.68. The molecule has 3 N–H and O–H groups in total. The second-order valence-corrected chi connectivity index (χ2v) is 4.25. The van der Waals surface area contributed by atoms with Crippen molar-refractivity contribution in [3.63, 3.8) is 0 Å². The number of anilines is 1. The van der Waals surface area contributed by atoms with Crippen LogP contribution in [0.2, 0.25) is 0 Å². The number of nitrogen functional groups attached to an aromatic ring is 1. The lowest BCUT2D eigenvalue weighted by atomic mass is 10.2. The number of nitrogens with one attached hydrogen (secondary N) is 1. The topological polar surface area (TPSA) is 98.7 Å². The van der Waals surface area contributed by atoms with Gasteiger partial charge in [0, 0.05) is 37.6 Å². The van der Waals surface area contributed by atoms with Gasteiger partial charge in [-0.2, -0.15) is 5.10 Å². The monoisotopic (exact) mass is 260 g/mol. The van der Waals surface area contributed by atoms with Crippen LogP contribution in [0, 0.1) is 6.92 Å². The Labute approximate surface area is 110 Å². The minimum Gasteiger partial charge on any atom is -0.398 e. The number of carbonyl (C=O) groups excluding carboxylic acids is 1. The summed E-state index contributed by atoms with van der Waals surface area (Å²) in [5, 5.41) is 6.90. The van der Waals surface area contributed by atoms with Gasteiger partial charge in [0.1, 0.15) is 6.33 Å². The number of amides is 1. The molecule has 0 radical (unpaired) electrons. The first-order valence-electron chi connectivity index (χ1n) is 5.91. The van der Waals surface area contributed by atoms with Crippen molar-refractivity contribution in [1.82, 2.24) is 25.1 Å². The number of hydrogen-bond acceptors (Lipinski definition) is 5. The molecule has 19 heavy (non-hydrogen) atoms. The molecule has 0 aliphatic carbocycles. The maximum atomic E-state index is 11.9. The highest BCUT2D eigenvalue weighted by Crippen LogP contribution is 2.10. The first-order valence-corrected chi connectivity index (χ1v) is 5.91. The summed E-state index contributed by atoms with van der Waals surface area (Å²) in [4.78, 5) is 20.0. The van der Waals surface area contributed by atoms with Crippen LogP contribution in [0.3, 0.4) is 0 Å². The third-order valence-corrected chi connectivity index (χ3v) is 2.60. The summed E-state index contributed by atoms with van der Waals surface area (Å²) in [7, 11) is 1.80. The molecule has 0 atom stereocenters. The van der Waals surface area contributed by atoms with E-state index in [1.165, 1.54) is 6.20 Å². The first kappa shape index (κ1) is 13.0. The van der Waals surface area contributed by atoms with Gasteiger partial charge in [0.05, 0.1) is 5.56 Å². The normalized spacial score (nSPS) is 10.4. The standard InChI is InChI=1S/C12H16N6O/c1-8-5-10(13)9(6-15-8)12(19)14-4-3-11-16-7-18(2)17-11/h5-7H,3-4H2,1-2H3,(H2,13,15)(H,14,19). The maximum absolute atomic E-state index is 11.9. The summed E-state index contributed by atoms with van der Waals surface area (Å²) in [6.45, 7) is 2.28. The zero-order chi connectivity index (χ0) is 13.8. The smallest absolute Gasteiger partial charge is 0.254 e. The Hall–Kier alpha value is -2.44. The molecule has 0 saturated heterocycles. The van der Waals surface area contributed by atoms with Gasteiger partial charge in [0.2, 0.25) is 0 Å². The lowest BCUT2D eigenvalue weighted by Gasteiger charge is -2.06. The van der Waals surface area contributed by atoms with Crippen molar-refractivity contribution >= 4 is 11.6 Å². The zero-order valence-corrected chi connectivity index (χ0v) is 10.9. The van der Waals surface area contributed by atoms with Gasteiger partial charge in [-0.3, -0.25) is 14.5 Å².